The van der Waals surface area contributed by atoms with E-state index in [2.05, 4.69) is 17.5 Å². The Morgan fingerprint density at radius 2 is 1.73 bits per heavy atom. The number of hydrogen-bond acceptors (Lipinski definition) is 4. The number of amides is 3. The summed E-state index contributed by atoms with van der Waals surface area (Å²) in [7, 11) is 0. The van der Waals surface area contributed by atoms with E-state index in [0.29, 0.717) is 23.1 Å². The molecule has 3 fully saturated rings. The molecule has 130 valence electrons. The minimum atomic E-state index is -0.460. The molecule has 3 amide bonds. The van der Waals surface area contributed by atoms with Gasteiger partial charge in [0.15, 0.2) is 0 Å². The van der Waals surface area contributed by atoms with Gasteiger partial charge in [-0.25, -0.2) is 0 Å². The molecule has 0 aromatic heterocycles. The first-order valence-corrected chi connectivity index (χ1v) is 8.92. The van der Waals surface area contributed by atoms with Crippen molar-refractivity contribution in [1.82, 2.24) is 4.90 Å². The number of nitrogens with zero attached hydrogens (tertiary/aromatic N) is 2. The molecule has 1 aromatic rings. The first-order valence-electron chi connectivity index (χ1n) is 8.92. The number of likely N-dealkylation sites (tertiary alicyclic amines) is 1. The molecule has 26 heavy (non-hydrogen) atoms. The fourth-order valence-corrected chi connectivity index (χ4v) is 5.20. The highest BCUT2D eigenvalue weighted by molar-refractivity contribution is 6.09. The van der Waals surface area contributed by atoms with Gasteiger partial charge in [-0.3, -0.25) is 19.3 Å². The normalized spacial score (nSPS) is 35.7. The molecule has 0 spiro atoms. The third-order valence-corrected chi connectivity index (χ3v) is 6.38. The molecule has 6 nitrogen and oxygen atoms in total. The SMILES string of the molecule is N#Cc1ccccc1NC(=O)CN1C(=O)[C@@H]2[C@H]3C=C[C@@H]([C@@H]4C[C@@H]34)[C@H]2C1=O. The van der Waals surface area contributed by atoms with Gasteiger partial charge in [-0.15, -0.1) is 0 Å². The highest BCUT2D eigenvalue weighted by Gasteiger charge is 2.67. The summed E-state index contributed by atoms with van der Waals surface area (Å²) >= 11 is 0. The fraction of sp³-hybridized carbons (Fsp3) is 0.400. The second-order valence-corrected chi connectivity index (χ2v) is 7.62. The standard InChI is InChI=1S/C20H17N3O3/c21-8-10-3-1-2-4-15(10)22-16(24)9-23-19(25)17-11-5-6-12(14-7-13(11)14)18(17)20(23)26/h1-6,11-14,17-18H,7,9H2,(H,22,24)/t11-,12-,13-,14-,17+,18+/m0/s1. The fourth-order valence-electron chi connectivity index (χ4n) is 5.20. The minimum absolute atomic E-state index is 0.152. The third-order valence-electron chi connectivity index (χ3n) is 6.38. The number of para-hydroxylation sites is 1. The average Bonchev–Trinajstić information content (AvgIpc) is 3.43. The number of imide groups is 1. The minimum Gasteiger partial charge on any atom is -0.323 e. The van der Waals surface area contributed by atoms with Crippen molar-refractivity contribution in [1.29, 1.82) is 5.26 Å². The molecule has 4 aliphatic carbocycles. The summed E-state index contributed by atoms with van der Waals surface area (Å²) in [5.41, 5.74) is 0.732. The Hall–Kier alpha value is -2.94. The molecule has 0 unspecified atom stereocenters. The lowest BCUT2D eigenvalue weighted by atomic mass is 9.63. The zero-order valence-corrected chi connectivity index (χ0v) is 14.0. The molecule has 5 aliphatic rings. The van der Waals surface area contributed by atoms with Crippen LogP contribution in [0.2, 0.25) is 0 Å². The van der Waals surface area contributed by atoms with Crippen LogP contribution in [-0.4, -0.2) is 29.2 Å². The predicted molar refractivity (Wildman–Crippen MR) is 91.2 cm³/mol. The van der Waals surface area contributed by atoms with Crippen LogP contribution in [0.4, 0.5) is 5.69 Å². The van der Waals surface area contributed by atoms with Crippen molar-refractivity contribution >= 4 is 23.4 Å². The summed E-state index contributed by atoms with van der Waals surface area (Å²) in [6.07, 6.45) is 5.33. The maximum atomic E-state index is 12.9. The Morgan fingerprint density at radius 1 is 1.12 bits per heavy atom. The summed E-state index contributed by atoms with van der Waals surface area (Å²) in [5.74, 6) is -0.0857. The molecule has 6 heteroatoms. The molecule has 6 rings (SSSR count). The van der Waals surface area contributed by atoms with Crippen LogP contribution in [0.15, 0.2) is 36.4 Å². The van der Waals surface area contributed by atoms with E-state index >= 15 is 0 Å². The van der Waals surface area contributed by atoms with Crippen LogP contribution < -0.4 is 5.32 Å². The Balaban J connectivity index is 1.34. The molecular weight excluding hydrogens is 330 g/mol. The lowest BCUT2D eigenvalue weighted by Gasteiger charge is -2.37. The Morgan fingerprint density at radius 3 is 2.35 bits per heavy atom. The number of benzene rings is 1. The van der Waals surface area contributed by atoms with Crippen LogP contribution in [0, 0.1) is 46.8 Å². The summed E-state index contributed by atoms with van der Waals surface area (Å²) in [4.78, 5) is 39.2. The lowest BCUT2D eigenvalue weighted by Crippen LogP contribution is -2.40. The molecule has 1 heterocycles. The first kappa shape index (κ1) is 15.3. The predicted octanol–water partition coefficient (Wildman–Crippen LogP) is 1.55. The number of nitriles is 1. The van der Waals surface area contributed by atoms with E-state index < -0.39 is 5.91 Å². The van der Waals surface area contributed by atoms with Gasteiger partial charge in [-0.2, -0.15) is 5.26 Å². The third kappa shape index (κ3) is 2.00. The van der Waals surface area contributed by atoms with Crippen LogP contribution in [0.25, 0.3) is 0 Å². The monoisotopic (exact) mass is 347 g/mol. The second-order valence-electron chi connectivity index (χ2n) is 7.62. The van der Waals surface area contributed by atoms with E-state index in [4.69, 9.17) is 5.26 Å². The highest BCUT2D eigenvalue weighted by atomic mass is 16.2. The molecule has 1 aromatic carbocycles. The van der Waals surface area contributed by atoms with Gasteiger partial charge in [0.05, 0.1) is 23.1 Å². The van der Waals surface area contributed by atoms with E-state index in [1.54, 1.807) is 24.3 Å². The molecule has 6 atom stereocenters. The molecular formula is C20H17N3O3. The van der Waals surface area contributed by atoms with Crippen molar-refractivity contribution in [3.63, 3.8) is 0 Å². The van der Waals surface area contributed by atoms with E-state index in [-0.39, 0.29) is 42.0 Å². The highest BCUT2D eigenvalue weighted by Crippen LogP contribution is 2.65. The Labute approximate surface area is 150 Å². The maximum absolute atomic E-state index is 12.9. The van der Waals surface area contributed by atoms with Crippen molar-refractivity contribution < 1.29 is 14.4 Å². The van der Waals surface area contributed by atoms with Gasteiger partial charge in [-0.05, 0) is 42.2 Å². The van der Waals surface area contributed by atoms with E-state index in [9.17, 15) is 14.4 Å². The van der Waals surface area contributed by atoms with Crippen molar-refractivity contribution in [2.24, 2.45) is 35.5 Å². The van der Waals surface area contributed by atoms with Crippen LogP contribution >= 0.6 is 0 Å². The van der Waals surface area contributed by atoms with Gasteiger partial charge in [0.1, 0.15) is 12.6 Å². The van der Waals surface area contributed by atoms with E-state index in [1.165, 1.54) is 0 Å². The van der Waals surface area contributed by atoms with Crippen LogP contribution in [0.3, 0.4) is 0 Å². The van der Waals surface area contributed by atoms with Gasteiger partial charge in [0.2, 0.25) is 17.7 Å². The van der Waals surface area contributed by atoms with Gasteiger partial charge < -0.3 is 5.32 Å². The average molecular weight is 347 g/mol. The van der Waals surface area contributed by atoms with E-state index in [1.807, 2.05) is 6.07 Å². The molecule has 0 radical (unpaired) electrons. The number of hydrogen-bond donors (Lipinski definition) is 1. The molecule has 1 N–H and O–H groups in total. The number of rotatable bonds is 3. The van der Waals surface area contributed by atoms with Crippen LogP contribution in [-0.2, 0) is 14.4 Å². The van der Waals surface area contributed by atoms with Crippen molar-refractivity contribution in [2.75, 3.05) is 11.9 Å². The van der Waals surface area contributed by atoms with Crippen molar-refractivity contribution in [3.05, 3.63) is 42.0 Å². The number of carbonyl (C=O) groups excluding carboxylic acids is 3. The molecule has 1 saturated heterocycles. The maximum Gasteiger partial charge on any atom is 0.244 e. The molecule has 1 aliphatic heterocycles. The molecule has 2 bridgehead atoms. The topological polar surface area (TPSA) is 90.3 Å². The number of allylic oxidation sites excluding steroid dienone is 2. The number of anilines is 1. The molecule has 2 saturated carbocycles. The second kappa shape index (κ2) is 5.28. The van der Waals surface area contributed by atoms with Crippen molar-refractivity contribution in [2.45, 2.75) is 6.42 Å². The number of nitrogens with one attached hydrogen (secondary N) is 1. The summed E-state index contributed by atoms with van der Waals surface area (Å²) in [6, 6.07) is 8.67. The van der Waals surface area contributed by atoms with Gasteiger partial charge in [-0.1, -0.05) is 24.3 Å². The Kier molecular flexibility index (Phi) is 3.11. The Bertz CT molecular complexity index is 879. The smallest absolute Gasteiger partial charge is 0.244 e. The quantitative estimate of drug-likeness (QED) is 0.663. The summed E-state index contributed by atoms with van der Waals surface area (Å²) in [5, 5.41) is 11.8. The largest absolute Gasteiger partial charge is 0.323 e. The first-order chi connectivity index (χ1) is 12.6. The van der Waals surface area contributed by atoms with Crippen LogP contribution in [0.5, 0.6) is 0 Å². The van der Waals surface area contributed by atoms with Gasteiger partial charge in [0, 0.05) is 0 Å². The number of carbonyl (C=O) groups is 3. The van der Waals surface area contributed by atoms with Gasteiger partial charge >= 0.3 is 0 Å². The zero-order chi connectivity index (χ0) is 18.0. The van der Waals surface area contributed by atoms with Crippen LogP contribution in [0.1, 0.15) is 12.0 Å². The zero-order valence-electron chi connectivity index (χ0n) is 14.0. The van der Waals surface area contributed by atoms with E-state index in [0.717, 1.165) is 11.3 Å². The van der Waals surface area contributed by atoms with Gasteiger partial charge in [0.25, 0.3) is 0 Å². The summed E-state index contributed by atoms with van der Waals surface area (Å²) in [6.45, 7) is -0.292. The summed E-state index contributed by atoms with van der Waals surface area (Å²) < 4.78 is 0. The lowest BCUT2D eigenvalue weighted by molar-refractivity contribution is -0.142. The van der Waals surface area contributed by atoms with Crippen molar-refractivity contribution in [3.8, 4) is 6.07 Å².